The predicted molar refractivity (Wildman–Crippen MR) is 68.5 cm³/mol. The number of aliphatic hydroxyl groups is 1. The summed E-state index contributed by atoms with van der Waals surface area (Å²) in [7, 11) is 2.13. The van der Waals surface area contributed by atoms with Gasteiger partial charge in [-0.2, -0.15) is 11.8 Å². The Balaban J connectivity index is 2.09. The van der Waals surface area contributed by atoms with Crippen LogP contribution >= 0.6 is 11.8 Å². The molecule has 0 amide bonds. The van der Waals surface area contributed by atoms with Crippen molar-refractivity contribution in [1.29, 1.82) is 0 Å². The molecule has 1 aliphatic rings. The van der Waals surface area contributed by atoms with Crippen molar-refractivity contribution >= 4 is 11.8 Å². The van der Waals surface area contributed by atoms with Gasteiger partial charge < -0.3 is 10.0 Å². The lowest BCUT2D eigenvalue weighted by molar-refractivity contribution is 0.0166. The van der Waals surface area contributed by atoms with Crippen molar-refractivity contribution in [3.05, 3.63) is 0 Å². The Morgan fingerprint density at radius 2 is 2.00 bits per heavy atom. The number of nitrogens with zero attached hydrogens (tertiary/aromatic N) is 1. The number of thioether (sulfide) groups is 1. The van der Waals surface area contributed by atoms with E-state index in [-0.39, 0.29) is 5.60 Å². The van der Waals surface area contributed by atoms with Crippen LogP contribution in [0.1, 0.15) is 39.0 Å². The first-order valence-corrected chi connectivity index (χ1v) is 7.30. The van der Waals surface area contributed by atoms with Crippen molar-refractivity contribution in [3.63, 3.8) is 0 Å². The summed E-state index contributed by atoms with van der Waals surface area (Å²) in [4.78, 5) is 2.29. The van der Waals surface area contributed by atoms with E-state index >= 15 is 0 Å². The van der Waals surface area contributed by atoms with E-state index in [4.69, 9.17) is 0 Å². The maximum Gasteiger partial charge on any atom is 0.0774 e. The van der Waals surface area contributed by atoms with E-state index in [0.717, 1.165) is 25.9 Å². The molecule has 0 aromatic carbocycles. The molecular weight excluding hydrogens is 206 g/mol. The van der Waals surface area contributed by atoms with Crippen molar-refractivity contribution in [2.75, 3.05) is 31.6 Å². The zero-order valence-corrected chi connectivity index (χ0v) is 11.0. The van der Waals surface area contributed by atoms with Gasteiger partial charge in [0.25, 0.3) is 0 Å². The Kier molecular flexibility index (Phi) is 6.02. The van der Waals surface area contributed by atoms with Gasteiger partial charge in [0.2, 0.25) is 0 Å². The van der Waals surface area contributed by atoms with E-state index in [1.165, 1.54) is 30.8 Å². The van der Waals surface area contributed by atoms with Crippen LogP contribution in [0.3, 0.4) is 0 Å². The summed E-state index contributed by atoms with van der Waals surface area (Å²) in [5.74, 6) is 2.47. The molecule has 0 saturated heterocycles. The third kappa shape index (κ3) is 5.23. The highest BCUT2D eigenvalue weighted by atomic mass is 32.2. The first-order chi connectivity index (χ1) is 7.16. The van der Waals surface area contributed by atoms with Crippen LogP contribution in [0, 0.1) is 0 Å². The van der Waals surface area contributed by atoms with Gasteiger partial charge in [0.15, 0.2) is 0 Å². The molecule has 0 aromatic rings. The molecule has 0 bridgehead atoms. The second-order valence-corrected chi connectivity index (χ2v) is 6.11. The molecule has 1 aliphatic carbocycles. The van der Waals surface area contributed by atoms with Crippen LogP contribution in [0.15, 0.2) is 0 Å². The summed E-state index contributed by atoms with van der Waals surface area (Å²) in [6.45, 7) is 4.19. The fraction of sp³-hybridized carbons (Fsp3) is 1.00. The highest BCUT2D eigenvalue weighted by Crippen LogP contribution is 2.29. The minimum absolute atomic E-state index is 0.368. The van der Waals surface area contributed by atoms with Gasteiger partial charge in [-0.05, 0) is 44.4 Å². The first-order valence-electron chi connectivity index (χ1n) is 6.15. The fourth-order valence-electron chi connectivity index (χ4n) is 2.35. The standard InChI is InChI=1S/C12H25NOS/c1-3-15-10-6-9-13(2)11-12(14)7-4-5-8-12/h14H,3-11H2,1-2H3. The topological polar surface area (TPSA) is 23.5 Å². The average molecular weight is 231 g/mol. The Bertz CT molecular complexity index is 169. The molecule has 0 spiro atoms. The molecule has 0 atom stereocenters. The lowest BCUT2D eigenvalue weighted by atomic mass is 10.0. The van der Waals surface area contributed by atoms with Gasteiger partial charge >= 0.3 is 0 Å². The Labute approximate surface area is 98.4 Å². The Morgan fingerprint density at radius 1 is 1.33 bits per heavy atom. The van der Waals surface area contributed by atoms with Gasteiger partial charge in [-0.3, -0.25) is 0 Å². The van der Waals surface area contributed by atoms with Gasteiger partial charge in [0, 0.05) is 6.54 Å². The molecule has 0 aliphatic heterocycles. The van der Waals surface area contributed by atoms with Crippen molar-refractivity contribution in [2.24, 2.45) is 0 Å². The molecule has 0 aromatic heterocycles. The third-order valence-corrected chi connectivity index (χ3v) is 4.12. The van der Waals surface area contributed by atoms with Crippen LogP contribution in [-0.4, -0.2) is 47.3 Å². The van der Waals surface area contributed by atoms with E-state index in [0.29, 0.717) is 0 Å². The average Bonchev–Trinajstić information content (AvgIpc) is 2.59. The van der Waals surface area contributed by atoms with Crippen molar-refractivity contribution < 1.29 is 5.11 Å². The molecule has 3 heteroatoms. The SMILES string of the molecule is CCSCCCN(C)CC1(O)CCCC1. The van der Waals surface area contributed by atoms with Crippen LogP contribution < -0.4 is 0 Å². The van der Waals surface area contributed by atoms with Gasteiger partial charge in [0.05, 0.1) is 5.60 Å². The van der Waals surface area contributed by atoms with Gasteiger partial charge in [-0.25, -0.2) is 0 Å². The molecule has 0 unspecified atom stereocenters. The number of rotatable bonds is 7. The lowest BCUT2D eigenvalue weighted by Gasteiger charge is -2.28. The van der Waals surface area contributed by atoms with E-state index in [1.807, 2.05) is 11.8 Å². The Hall–Kier alpha value is 0.270. The van der Waals surface area contributed by atoms with E-state index in [9.17, 15) is 5.11 Å². The highest BCUT2D eigenvalue weighted by Gasteiger charge is 2.31. The summed E-state index contributed by atoms with van der Waals surface area (Å²) in [5, 5.41) is 10.2. The van der Waals surface area contributed by atoms with Gasteiger partial charge in [0.1, 0.15) is 0 Å². The largest absolute Gasteiger partial charge is 0.389 e. The summed E-state index contributed by atoms with van der Waals surface area (Å²) >= 11 is 2.00. The second kappa shape index (κ2) is 6.77. The van der Waals surface area contributed by atoms with Gasteiger partial charge in [-0.15, -0.1) is 0 Å². The maximum atomic E-state index is 10.2. The third-order valence-electron chi connectivity index (χ3n) is 3.13. The highest BCUT2D eigenvalue weighted by molar-refractivity contribution is 7.99. The number of likely N-dealkylation sites (N-methyl/N-ethyl adjacent to an activating group) is 1. The molecule has 0 heterocycles. The molecule has 1 fully saturated rings. The summed E-state index contributed by atoms with van der Waals surface area (Å²) in [6, 6.07) is 0. The summed E-state index contributed by atoms with van der Waals surface area (Å²) in [6.07, 6.45) is 5.65. The number of hydrogen-bond acceptors (Lipinski definition) is 3. The van der Waals surface area contributed by atoms with Crippen LogP contribution in [0.4, 0.5) is 0 Å². The fourth-order valence-corrected chi connectivity index (χ4v) is 2.98. The van der Waals surface area contributed by atoms with Gasteiger partial charge in [-0.1, -0.05) is 19.8 Å². The lowest BCUT2D eigenvalue weighted by Crippen LogP contribution is -2.39. The van der Waals surface area contributed by atoms with E-state index < -0.39 is 0 Å². The van der Waals surface area contributed by atoms with Crippen molar-refractivity contribution in [2.45, 2.75) is 44.6 Å². The monoisotopic (exact) mass is 231 g/mol. The predicted octanol–water partition coefficient (Wildman–Crippen LogP) is 2.37. The summed E-state index contributed by atoms with van der Waals surface area (Å²) in [5.41, 5.74) is -0.368. The first kappa shape index (κ1) is 13.3. The Morgan fingerprint density at radius 3 is 2.60 bits per heavy atom. The molecule has 1 saturated carbocycles. The molecular formula is C12H25NOS. The quantitative estimate of drug-likeness (QED) is 0.681. The molecule has 1 N–H and O–H groups in total. The number of hydrogen-bond donors (Lipinski definition) is 1. The van der Waals surface area contributed by atoms with Crippen molar-refractivity contribution in [3.8, 4) is 0 Å². The second-order valence-electron chi connectivity index (χ2n) is 4.72. The van der Waals surface area contributed by atoms with Crippen molar-refractivity contribution in [1.82, 2.24) is 4.90 Å². The van der Waals surface area contributed by atoms with E-state index in [1.54, 1.807) is 0 Å². The van der Waals surface area contributed by atoms with Crippen LogP contribution in [0.2, 0.25) is 0 Å². The minimum Gasteiger partial charge on any atom is -0.389 e. The van der Waals surface area contributed by atoms with Crippen LogP contribution in [-0.2, 0) is 0 Å². The van der Waals surface area contributed by atoms with E-state index in [2.05, 4.69) is 18.9 Å². The normalized spacial score (nSPS) is 20.0. The van der Waals surface area contributed by atoms with Crippen LogP contribution in [0.25, 0.3) is 0 Å². The molecule has 2 nitrogen and oxygen atoms in total. The summed E-state index contributed by atoms with van der Waals surface area (Å²) < 4.78 is 0. The molecule has 0 radical (unpaired) electrons. The minimum atomic E-state index is -0.368. The smallest absolute Gasteiger partial charge is 0.0774 e. The molecule has 1 rings (SSSR count). The molecule has 90 valence electrons. The maximum absolute atomic E-state index is 10.2. The molecule has 15 heavy (non-hydrogen) atoms. The zero-order valence-electron chi connectivity index (χ0n) is 10.2. The zero-order chi connectivity index (χ0) is 11.1. The van der Waals surface area contributed by atoms with Crippen LogP contribution in [0.5, 0.6) is 0 Å².